The minimum atomic E-state index is 0.420. The lowest BCUT2D eigenvalue weighted by atomic mass is 9.92. The highest BCUT2D eigenvalue weighted by atomic mass is 15.1. The third-order valence-corrected chi connectivity index (χ3v) is 1.94. The van der Waals surface area contributed by atoms with Crippen LogP contribution in [0.2, 0.25) is 0 Å². The maximum atomic E-state index is 3.88. The van der Waals surface area contributed by atoms with E-state index in [0.29, 0.717) is 5.41 Å². The van der Waals surface area contributed by atoms with Gasteiger partial charge in [-0.2, -0.15) is 5.10 Å². The number of aromatic amines is 1. The predicted octanol–water partition coefficient (Wildman–Crippen LogP) is 1.94. The van der Waals surface area contributed by atoms with Gasteiger partial charge in [-0.3, -0.25) is 5.10 Å². The molecule has 0 saturated heterocycles. The first-order chi connectivity index (χ1) is 6.08. The van der Waals surface area contributed by atoms with Crippen molar-refractivity contribution in [2.24, 2.45) is 5.41 Å². The zero-order valence-electron chi connectivity index (χ0n) is 8.72. The van der Waals surface area contributed by atoms with Gasteiger partial charge in [0, 0.05) is 18.3 Å². The van der Waals surface area contributed by atoms with E-state index in [-0.39, 0.29) is 0 Å². The molecule has 3 nitrogen and oxygen atoms in total. The van der Waals surface area contributed by atoms with Crippen molar-refractivity contribution in [3.8, 4) is 0 Å². The van der Waals surface area contributed by atoms with Crippen molar-refractivity contribution < 1.29 is 0 Å². The topological polar surface area (TPSA) is 40.7 Å². The molecule has 0 bridgehead atoms. The van der Waals surface area contributed by atoms with Crippen LogP contribution in [0.15, 0.2) is 12.4 Å². The highest BCUT2D eigenvalue weighted by Gasteiger charge is 2.08. The van der Waals surface area contributed by atoms with E-state index in [2.05, 4.69) is 36.3 Å². The molecule has 1 rings (SSSR count). The first-order valence-corrected chi connectivity index (χ1v) is 4.76. The van der Waals surface area contributed by atoms with Gasteiger partial charge >= 0.3 is 0 Å². The predicted molar refractivity (Wildman–Crippen MR) is 54.4 cm³/mol. The third kappa shape index (κ3) is 4.68. The summed E-state index contributed by atoms with van der Waals surface area (Å²) in [5.74, 6) is 0. The lowest BCUT2D eigenvalue weighted by molar-refractivity contribution is 0.366. The van der Waals surface area contributed by atoms with Gasteiger partial charge in [-0.15, -0.1) is 0 Å². The summed E-state index contributed by atoms with van der Waals surface area (Å²) >= 11 is 0. The molecule has 0 aromatic carbocycles. The Morgan fingerprint density at radius 2 is 2.23 bits per heavy atom. The molecule has 0 radical (unpaired) electrons. The average Bonchev–Trinajstić information content (AvgIpc) is 2.48. The highest BCUT2D eigenvalue weighted by molar-refractivity contribution is 5.01. The Bertz CT molecular complexity index is 221. The molecule has 0 unspecified atom stereocenters. The Morgan fingerprint density at radius 1 is 1.46 bits per heavy atom. The second-order valence-corrected chi connectivity index (χ2v) is 4.59. The van der Waals surface area contributed by atoms with E-state index < -0.39 is 0 Å². The largest absolute Gasteiger partial charge is 0.313 e. The Hall–Kier alpha value is -0.830. The lowest BCUT2D eigenvalue weighted by Crippen LogP contribution is -2.19. The molecule has 1 aromatic heterocycles. The molecule has 13 heavy (non-hydrogen) atoms. The third-order valence-electron chi connectivity index (χ3n) is 1.94. The number of H-pyrrole nitrogens is 1. The zero-order valence-corrected chi connectivity index (χ0v) is 8.72. The Kier molecular flexibility index (Phi) is 3.48. The number of hydrogen-bond acceptors (Lipinski definition) is 2. The lowest BCUT2D eigenvalue weighted by Gasteiger charge is -2.17. The smallest absolute Gasteiger partial charge is 0.0532 e. The van der Waals surface area contributed by atoms with Crippen molar-refractivity contribution in [2.75, 3.05) is 6.54 Å². The molecule has 0 aliphatic heterocycles. The zero-order chi connectivity index (χ0) is 9.73. The Balaban J connectivity index is 2.09. The summed E-state index contributed by atoms with van der Waals surface area (Å²) in [7, 11) is 0. The fourth-order valence-electron chi connectivity index (χ4n) is 1.07. The maximum Gasteiger partial charge on any atom is 0.0532 e. The molecule has 0 saturated carbocycles. The van der Waals surface area contributed by atoms with Crippen molar-refractivity contribution in [2.45, 2.75) is 33.7 Å². The van der Waals surface area contributed by atoms with Crippen LogP contribution in [-0.2, 0) is 6.54 Å². The molecule has 0 aliphatic carbocycles. The number of nitrogens with one attached hydrogen (secondary N) is 2. The first-order valence-electron chi connectivity index (χ1n) is 4.76. The second kappa shape index (κ2) is 4.42. The fraction of sp³-hybridized carbons (Fsp3) is 0.700. The number of aromatic nitrogens is 2. The van der Waals surface area contributed by atoms with Crippen molar-refractivity contribution in [3.63, 3.8) is 0 Å². The van der Waals surface area contributed by atoms with Crippen LogP contribution < -0.4 is 5.32 Å². The van der Waals surface area contributed by atoms with Gasteiger partial charge in [0.15, 0.2) is 0 Å². The van der Waals surface area contributed by atoms with Crippen LogP contribution in [0, 0.1) is 5.41 Å². The molecule has 2 N–H and O–H groups in total. The van der Waals surface area contributed by atoms with Crippen molar-refractivity contribution in [3.05, 3.63) is 18.0 Å². The first kappa shape index (κ1) is 10.3. The van der Waals surface area contributed by atoms with Crippen LogP contribution in [0.3, 0.4) is 0 Å². The molecule has 1 aromatic rings. The van der Waals surface area contributed by atoms with Crippen LogP contribution >= 0.6 is 0 Å². The second-order valence-electron chi connectivity index (χ2n) is 4.59. The quantitative estimate of drug-likeness (QED) is 0.697. The molecule has 3 heteroatoms. The Morgan fingerprint density at radius 3 is 2.77 bits per heavy atom. The SMILES string of the molecule is CC(C)(C)CCNCc1cn[nH]c1. The van der Waals surface area contributed by atoms with Gasteiger partial charge < -0.3 is 5.32 Å². The number of hydrogen-bond donors (Lipinski definition) is 2. The minimum absolute atomic E-state index is 0.420. The van der Waals surface area contributed by atoms with Gasteiger partial charge in [0.05, 0.1) is 6.20 Å². The van der Waals surface area contributed by atoms with Gasteiger partial charge in [-0.25, -0.2) is 0 Å². The average molecular weight is 181 g/mol. The molecule has 0 aliphatic rings. The van der Waals surface area contributed by atoms with E-state index in [9.17, 15) is 0 Å². The van der Waals surface area contributed by atoms with Gasteiger partial charge in [0.1, 0.15) is 0 Å². The van der Waals surface area contributed by atoms with Crippen molar-refractivity contribution in [1.29, 1.82) is 0 Å². The van der Waals surface area contributed by atoms with Gasteiger partial charge in [0.25, 0.3) is 0 Å². The van der Waals surface area contributed by atoms with Crippen molar-refractivity contribution in [1.82, 2.24) is 15.5 Å². The normalized spacial score (nSPS) is 11.9. The molecule has 0 amide bonds. The van der Waals surface area contributed by atoms with Crippen molar-refractivity contribution >= 4 is 0 Å². The van der Waals surface area contributed by atoms with Gasteiger partial charge in [0.2, 0.25) is 0 Å². The molecule has 1 heterocycles. The van der Waals surface area contributed by atoms with E-state index in [0.717, 1.165) is 13.1 Å². The van der Waals surface area contributed by atoms with Crippen LogP contribution in [0.25, 0.3) is 0 Å². The molecule has 0 fully saturated rings. The summed E-state index contributed by atoms with van der Waals surface area (Å²) in [6.07, 6.45) is 4.97. The van der Waals surface area contributed by atoms with Crippen LogP contribution in [0.5, 0.6) is 0 Å². The molecular formula is C10H19N3. The van der Waals surface area contributed by atoms with E-state index in [1.165, 1.54) is 12.0 Å². The minimum Gasteiger partial charge on any atom is -0.313 e. The highest BCUT2D eigenvalue weighted by Crippen LogP contribution is 2.16. The summed E-state index contributed by atoms with van der Waals surface area (Å²) in [6, 6.07) is 0. The molecule has 0 atom stereocenters. The molecular weight excluding hydrogens is 162 g/mol. The summed E-state index contributed by atoms with van der Waals surface area (Å²) in [6.45, 7) is 8.74. The van der Waals surface area contributed by atoms with E-state index in [1.807, 2.05) is 12.4 Å². The summed E-state index contributed by atoms with van der Waals surface area (Å²) in [5, 5.41) is 10.1. The van der Waals surface area contributed by atoms with Gasteiger partial charge in [-0.05, 0) is 18.4 Å². The number of nitrogens with zero attached hydrogens (tertiary/aromatic N) is 1. The summed E-state index contributed by atoms with van der Waals surface area (Å²) < 4.78 is 0. The Labute approximate surface area is 79.9 Å². The van der Waals surface area contributed by atoms with E-state index in [4.69, 9.17) is 0 Å². The number of rotatable bonds is 4. The standard InChI is InChI=1S/C10H19N3/c1-10(2,3)4-5-11-6-9-7-12-13-8-9/h7-8,11H,4-6H2,1-3H3,(H,12,13). The fourth-order valence-corrected chi connectivity index (χ4v) is 1.07. The van der Waals surface area contributed by atoms with E-state index >= 15 is 0 Å². The summed E-state index contributed by atoms with van der Waals surface area (Å²) in [5.41, 5.74) is 1.64. The van der Waals surface area contributed by atoms with Gasteiger partial charge in [-0.1, -0.05) is 20.8 Å². The monoisotopic (exact) mass is 181 g/mol. The molecule has 0 spiro atoms. The van der Waals surface area contributed by atoms with Crippen LogP contribution in [-0.4, -0.2) is 16.7 Å². The van der Waals surface area contributed by atoms with Crippen LogP contribution in [0.1, 0.15) is 32.8 Å². The van der Waals surface area contributed by atoms with E-state index in [1.54, 1.807) is 0 Å². The molecule has 74 valence electrons. The van der Waals surface area contributed by atoms with Crippen LogP contribution in [0.4, 0.5) is 0 Å². The summed E-state index contributed by atoms with van der Waals surface area (Å²) in [4.78, 5) is 0. The maximum absolute atomic E-state index is 3.88.